The van der Waals surface area contributed by atoms with E-state index in [0.29, 0.717) is 26.1 Å². The van der Waals surface area contributed by atoms with E-state index in [1.807, 2.05) is 0 Å². The van der Waals surface area contributed by atoms with E-state index in [1.165, 1.54) is 0 Å². The van der Waals surface area contributed by atoms with E-state index < -0.39 is 30.0 Å². The Morgan fingerprint density at radius 2 is 2.06 bits per heavy atom. The van der Waals surface area contributed by atoms with Gasteiger partial charge in [0.1, 0.15) is 6.10 Å². The molecule has 0 aliphatic carbocycles. The van der Waals surface area contributed by atoms with Gasteiger partial charge < -0.3 is 19.9 Å². The summed E-state index contributed by atoms with van der Waals surface area (Å²) in [6.45, 7) is 1.41. The molecule has 0 aromatic rings. The molecule has 2 heterocycles. The molecule has 0 radical (unpaired) electrons. The first kappa shape index (κ1) is 13.6. The predicted octanol–water partition coefficient (Wildman–Crippen LogP) is 0.0683. The minimum absolute atomic E-state index is 0.129. The van der Waals surface area contributed by atoms with E-state index in [9.17, 15) is 18.7 Å². The summed E-state index contributed by atoms with van der Waals surface area (Å²) >= 11 is 0. The fourth-order valence-electron chi connectivity index (χ4n) is 2.16. The number of halogens is 2. The predicted molar refractivity (Wildman–Crippen MR) is 57.3 cm³/mol. The molecule has 0 aromatic carbocycles. The largest absolute Gasteiger partial charge is 0.456 e. The molecule has 1 unspecified atom stereocenters. The lowest BCUT2D eigenvalue weighted by Gasteiger charge is -2.32. The van der Waals surface area contributed by atoms with Crippen LogP contribution in [0.25, 0.3) is 0 Å². The van der Waals surface area contributed by atoms with Crippen LogP contribution in [0.3, 0.4) is 0 Å². The number of esters is 1. The van der Waals surface area contributed by atoms with Gasteiger partial charge >= 0.3 is 11.9 Å². The Morgan fingerprint density at radius 3 is 2.61 bits per heavy atom. The van der Waals surface area contributed by atoms with Gasteiger partial charge in [-0.2, -0.15) is 8.78 Å². The molecule has 0 saturated carbocycles. The van der Waals surface area contributed by atoms with E-state index in [1.54, 1.807) is 0 Å². The number of rotatable bonds is 4. The van der Waals surface area contributed by atoms with E-state index in [2.05, 4.69) is 10.1 Å². The maximum Gasteiger partial charge on any atom is 0.377 e. The van der Waals surface area contributed by atoms with Crippen LogP contribution in [-0.4, -0.2) is 55.0 Å². The minimum Gasteiger partial charge on any atom is -0.456 e. The first-order valence-corrected chi connectivity index (χ1v) is 6.01. The zero-order chi connectivity index (χ0) is 13.2. The van der Waals surface area contributed by atoms with Crippen molar-refractivity contribution in [2.24, 2.45) is 0 Å². The lowest BCUT2D eigenvalue weighted by atomic mass is 9.94. The van der Waals surface area contributed by atoms with Gasteiger partial charge in [0.05, 0.1) is 12.0 Å². The normalized spacial score (nSPS) is 30.2. The molecule has 2 aliphatic rings. The second-order valence-electron chi connectivity index (χ2n) is 4.90. The Morgan fingerprint density at radius 1 is 1.39 bits per heavy atom. The SMILES string of the molecule is O=C1OC(CNCC2(O)CCOCC2)CC1(F)F. The highest BCUT2D eigenvalue weighted by Gasteiger charge is 2.50. The van der Waals surface area contributed by atoms with Crippen molar-refractivity contribution in [1.29, 1.82) is 0 Å². The van der Waals surface area contributed by atoms with Gasteiger partial charge in [-0.15, -0.1) is 0 Å². The van der Waals surface area contributed by atoms with Gasteiger partial charge in [0.25, 0.3) is 0 Å². The van der Waals surface area contributed by atoms with Gasteiger partial charge in [0.2, 0.25) is 0 Å². The van der Waals surface area contributed by atoms with Crippen LogP contribution < -0.4 is 5.32 Å². The van der Waals surface area contributed by atoms with E-state index in [0.717, 1.165) is 0 Å². The molecule has 104 valence electrons. The Balaban J connectivity index is 1.71. The summed E-state index contributed by atoms with van der Waals surface area (Å²) in [5, 5.41) is 13.0. The van der Waals surface area contributed by atoms with Gasteiger partial charge in [0.15, 0.2) is 0 Å². The second kappa shape index (κ2) is 5.07. The number of hydrogen-bond acceptors (Lipinski definition) is 5. The molecular formula is C11H17F2NO4. The number of nitrogens with one attached hydrogen (secondary N) is 1. The van der Waals surface area contributed by atoms with Crippen molar-refractivity contribution in [1.82, 2.24) is 5.32 Å². The van der Waals surface area contributed by atoms with Crippen LogP contribution in [0.15, 0.2) is 0 Å². The molecule has 2 aliphatic heterocycles. The fraction of sp³-hybridized carbons (Fsp3) is 0.909. The quantitative estimate of drug-likeness (QED) is 0.704. The third-order valence-electron chi connectivity index (χ3n) is 3.31. The number of aliphatic hydroxyl groups is 1. The first-order valence-electron chi connectivity index (χ1n) is 6.01. The third kappa shape index (κ3) is 3.15. The highest BCUT2D eigenvalue weighted by molar-refractivity contribution is 5.79. The van der Waals surface area contributed by atoms with Crippen molar-refractivity contribution in [2.75, 3.05) is 26.3 Å². The molecule has 0 spiro atoms. The summed E-state index contributed by atoms with van der Waals surface area (Å²) in [5.74, 6) is -4.83. The highest BCUT2D eigenvalue weighted by atomic mass is 19.3. The monoisotopic (exact) mass is 265 g/mol. The highest BCUT2D eigenvalue weighted by Crippen LogP contribution is 2.30. The third-order valence-corrected chi connectivity index (χ3v) is 3.31. The fourth-order valence-corrected chi connectivity index (χ4v) is 2.16. The molecule has 0 amide bonds. The van der Waals surface area contributed by atoms with E-state index in [4.69, 9.17) is 4.74 Å². The van der Waals surface area contributed by atoms with Gasteiger partial charge in [-0.3, -0.25) is 0 Å². The van der Waals surface area contributed by atoms with Crippen molar-refractivity contribution < 1.29 is 28.2 Å². The maximum absolute atomic E-state index is 12.9. The average molecular weight is 265 g/mol. The van der Waals surface area contributed by atoms with Crippen LogP contribution in [0.4, 0.5) is 8.78 Å². The zero-order valence-electron chi connectivity index (χ0n) is 9.95. The molecule has 2 rings (SSSR count). The number of alkyl halides is 2. The molecule has 2 saturated heterocycles. The molecule has 7 heteroatoms. The molecule has 18 heavy (non-hydrogen) atoms. The summed E-state index contributed by atoms with van der Waals surface area (Å²) < 4.78 is 35.4. The van der Waals surface area contributed by atoms with Crippen LogP contribution in [0.2, 0.25) is 0 Å². The smallest absolute Gasteiger partial charge is 0.377 e. The molecule has 0 aromatic heterocycles. The molecular weight excluding hydrogens is 248 g/mol. The van der Waals surface area contributed by atoms with Crippen LogP contribution in [0.1, 0.15) is 19.3 Å². The number of ether oxygens (including phenoxy) is 2. The first-order chi connectivity index (χ1) is 8.41. The molecule has 5 nitrogen and oxygen atoms in total. The number of cyclic esters (lactones) is 1. The molecule has 0 bridgehead atoms. The summed E-state index contributed by atoms with van der Waals surface area (Å²) in [4.78, 5) is 10.8. The molecule has 2 fully saturated rings. The Hall–Kier alpha value is -0.790. The van der Waals surface area contributed by atoms with E-state index in [-0.39, 0.29) is 13.1 Å². The van der Waals surface area contributed by atoms with Crippen LogP contribution in [0.5, 0.6) is 0 Å². The summed E-state index contributed by atoms with van der Waals surface area (Å²) in [5.41, 5.74) is -0.858. The maximum atomic E-state index is 12.9. The summed E-state index contributed by atoms with van der Waals surface area (Å²) in [7, 11) is 0. The zero-order valence-corrected chi connectivity index (χ0v) is 9.95. The van der Waals surface area contributed by atoms with Crippen LogP contribution in [-0.2, 0) is 14.3 Å². The molecule has 1 atom stereocenters. The van der Waals surface area contributed by atoms with Gasteiger partial charge in [-0.05, 0) is 0 Å². The average Bonchev–Trinajstić information content (AvgIpc) is 2.53. The Bertz CT molecular complexity index is 318. The van der Waals surface area contributed by atoms with Gasteiger partial charge in [-0.1, -0.05) is 0 Å². The number of hydrogen-bond donors (Lipinski definition) is 2. The van der Waals surface area contributed by atoms with Crippen molar-refractivity contribution in [3.05, 3.63) is 0 Å². The Kier molecular flexibility index (Phi) is 3.84. The Labute approximate surface area is 103 Å². The van der Waals surface area contributed by atoms with Crippen LogP contribution in [0, 0.1) is 0 Å². The topological polar surface area (TPSA) is 67.8 Å². The summed E-state index contributed by atoms with van der Waals surface area (Å²) in [6, 6.07) is 0. The second-order valence-corrected chi connectivity index (χ2v) is 4.90. The molecule has 2 N–H and O–H groups in total. The number of carbonyl (C=O) groups excluding carboxylic acids is 1. The van der Waals surface area contributed by atoms with Crippen molar-refractivity contribution in [3.63, 3.8) is 0 Å². The summed E-state index contributed by atoms with van der Waals surface area (Å²) in [6.07, 6.45) is -0.391. The van der Waals surface area contributed by atoms with Crippen LogP contribution >= 0.6 is 0 Å². The van der Waals surface area contributed by atoms with Gasteiger partial charge in [0, 0.05) is 39.1 Å². The lowest BCUT2D eigenvalue weighted by Crippen LogP contribution is -2.46. The van der Waals surface area contributed by atoms with Gasteiger partial charge in [-0.25, -0.2) is 4.79 Å². The van der Waals surface area contributed by atoms with Crippen molar-refractivity contribution in [3.8, 4) is 0 Å². The van der Waals surface area contributed by atoms with E-state index >= 15 is 0 Å². The number of carbonyl (C=O) groups is 1. The van der Waals surface area contributed by atoms with Crippen molar-refractivity contribution in [2.45, 2.75) is 36.9 Å². The minimum atomic E-state index is -3.37. The lowest BCUT2D eigenvalue weighted by molar-refractivity contribution is -0.159. The van der Waals surface area contributed by atoms with Crippen molar-refractivity contribution >= 4 is 5.97 Å². The standard InChI is InChI=1S/C11H17F2NO4/c12-11(13)5-8(18-9(11)15)6-14-7-10(16)1-3-17-4-2-10/h8,14,16H,1-7H2.